The maximum absolute atomic E-state index is 12.7. The van der Waals surface area contributed by atoms with Gasteiger partial charge in [0.1, 0.15) is 0 Å². The molecular weight excluding hydrogens is 388 g/mol. The van der Waals surface area contributed by atoms with Crippen molar-refractivity contribution in [1.82, 2.24) is 25.3 Å². The first-order valence-corrected chi connectivity index (χ1v) is 11.3. The van der Waals surface area contributed by atoms with E-state index >= 15 is 0 Å². The number of nitrogens with one attached hydrogen (secondary N) is 2. The number of rotatable bonds is 7. The molecule has 0 spiro atoms. The number of amides is 1. The Morgan fingerprint density at radius 2 is 1.87 bits per heavy atom. The molecule has 3 rings (SSSR count). The molecule has 2 heterocycles. The van der Waals surface area contributed by atoms with E-state index in [0.29, 0.717) is 18.4 Å². The van der Waals surface area contributed by atoms with Crippen LogP contribution in [0.4, 0.5) is 0 Å². The average Bonchev–Trinajstić information content (AvgIpc) is 3.02. The van der Waals surface area contributed by atoms with Crippen LogP contribution in [-0.4, -0.2) is 52.7 Å². The third-order valence-corrected chi connectivity index (χ3v) is 6.14. The topological polar surface area (TPSA) is 74.5 Å². The van der Waals surface area contributed by atoms with E-state index in [9.17, 15) is 4.79 Å². The third kappa shape index (κ3) is 6.32. The molecule has 1 aromatic heterocycles. The molecule has 168 valence electrons. The second kappa shape index (κ2) is 11.0. The smallest absolute Gasteiger partial charge is 0.241 e. The molecule has 2 aromatic rings. The minimum absolute atomic E-state index is 0.137. The molecular formula is C24H36N6O. The van der Waals surface area contributed by atoms with Crippen molar-refractivity contribution < 1.29 is 4.79 Å². The van der Waals surface area contributed by atoms with Gasteiger partial charge in [-0.05, 0) is 51.5 Å². The number of benzene rings is 1. The van der Waals surface area contributed by atoms with Crippen LogP contribution in [0.2, 0.25) is 0 Å². The van der Waals surface area contributed by atoms with Crippen LogP contribution in [0.15, 0.2) is 35.3 Å². The summed E-state index contributed by atoms with van der Waals surface area (Å²) >= 11 is 0. The van der Waals surface area contributed by atoms with Gasteiger partial charge in [-0.2, -0.15) is 5.10 Å². The summed E-state index contributed by atoms with van der Waals surface area (Å²) < 4.78 is 1.88. The molecule has 1 aromatic carbocycles. The van der Waals surface area contributed by atoms with Gasteiger partial charge in [-0.15, -0.1) is 0 Å². The van der Waals surface area contributed by atoms with Crippen molar-refractivity contribution in [2.75, 3.05) is 26.2 Å². The Balaban J connectivity index is 1.47. The summed E-state index contributed by atoms with van der Waals surface area (Å²) in [6.07, 6.45) is 3.23. The van der Waals surface area contributed by atoms with Gasteiger partial charge < -0.3 is 15.5 Å². The highest BCUT2D eigenvalue weighted by atomic mass is 16.2. The van der Waals surface area contributed by atoms with Gasteiger partial charge in [0.25, 0.3) is 0 Å². The second-order valence-electron chi connectivity index (χ2n) is 8.34. The van der Waals surface area contributed by atoms with E-state index in [0.717, 1.165) is 55.8 Å². The minimum atomic E-state index is 0.137. The van der Waals surface area contributed by atoms with Crippen LogP contribution in [-0.2, 0) is 24.8 Å². The van der Waals surface area contributed by atoms with E-state index in [1.807, 2.05) is 30.5 Å². The summed E-state index contributed by atoms with van der Waals surface area (Å²) in [6, 6.07) is 10.6. The number of carbonyl (C=O) groups is 1. The van der Waals surface area contributed by atoms with Crippen LogP contribution >= 0.6 is 0 Å². The van der Waals surface area contributed by atoms with Crippen LogP contribution in [0.25, 0.3) is 0 Å². The monoisotopic (exact) mass is 424 g/mol. The van der Waals surface area contributed by atoms with Crippen LogP contribution in [0.5, 0.6) is 0 Å². The fourth-order valence-electron chi connectivity index (χ4n) is 4.15. The van der Waals surface area contributed by atoms with E-state index in [2.05, 4.69) is 58.0 Å². The number of aryl methyl sites for hydroxylation is 2. The molecule has 0 radical (unpaired) electrons. The van der Waals surface area contributed by atoms with Crippen molar-refractivity contribution in [2.45, 2.75) is 46.6 Å². The fourth-order valence-corrected chi connectivity index (χ4v) is 4.15. The Bertz CT molecular complexity index is 881. The predicted octanol–water partition coefficient (Wildman–Crippen LogP) is 2.57. The summed E-state index contributed by atoms with van der Waals surface area (Å²) in [5.41, 5.74) is 4.63. The lowest BCUT2D eigenvalue weighted by Gasteiger charge is -2.32. The van der Waals surface area contributed by atoms with Crippen molar-refractivity contribution in [3.8, 4) is 0 Å². The molecule has 31 heavy (non-hydrogen) atoms. The highest BCUT2D eigenvalue weighted by Crippen LogP contribution is 2.21. The number of carbonyl (C=O) groups excluding carboxylic acids is 1. The Morgan fingerprint density at radius 1 is 1.16 bits per heavy atom. The lowest BCUT2D eigenvalue weighted by molar-refractivity contribution is -0.131. The van der Waals surface area contributed by atoms with E-state index in [4.69, 9.17) is 0 Å². The molecule has 1 saturated heterocycles. The number of piperidine rings is 1. The zero-order valence-electron chi connectivity index (χ0n) is 19.3. The molecule has 7 heteroatoms. The van der Waals surface area contributed by atoms with Gasteiger partial charge in [0, 0.05) is 37.9 Å². The molecule has 1 fully saturated rings. The lowest BCUT2D eigenvalue weighted by Crippen LogP contribution is -2.47. The normalized spacial score (nSPS) is 15.2. The van der Waals surface area contributed by atoms with Gasteiger partial charge in [-0.25, -0.2) is 4.99 Å². The number of nitrogens with zero attached hydrogens (tertiary/aromatic N) is 4. The Kier molecular flexibility index (Phi) is 8.09. The molecule has 2 N–H and O–H groups in total. The van der Waals surface area contributed by atoms with E-state index in [1.165, 1.54) is 5.56 Å². The van der Waals surface area contributed by atoms with Gasteiger partial charge in [0.2, 0.25) is 5.91 Å². The zero-order chi connectivity index (χ0) is 22.2. The van der Waals surface area contributed by atoms with Gasteiger partial charge in [0.15, 0.2) is 5.96 Å². The first-order chi connectivity index (χ1) is 15.0. The molecule has 0 unspecified atom stereocenters. The zero-order valence-corrected chi connectivity index (χ0v) is 19.3. The van der Waals surface area contributed by atoms with Gasteiger partial charge in [-0.3, -0.25) is 9.48 Å². The Labute approximate surface area is 185 Å². The summed E-state index contributed by atoms with van der Waals surface area (Å²) in [5, 5.41) is 10.9. The SMILES string of the molecule is CCNC(=NCc1c(C)nn(C)c1C)NCC(=O)N1CCC(Cc2ccccc2)CC1. The highest BCUT2D eigenvalue weighted by Gasteiger charge is 2.23. The standard InChI is InChI=1S/C24H36N6O/c1-5-25-24(26-16-22-18(2)28-29(4)19(22)3)27-17-23(31)30-13-11-21(12-14-30)15-20-9-7-6-8-10-20/h6-10,21H,5,11-17H2,1-4H3,(H2,25,26,27). The number of aliphatic imine (C=N–C) groups is 1. The number of hydrogen-bond acceptors (Lipinski definition) is 3. The van der Waals surface area contributed by atoms with Crippen molar-refractivity contribution in [1.29, 1.82) is 0 Å². The number of likely N-dealkylation sites (tertiary alicyclic amines) is 1. The largest absolute Gasteiger partial charge is 0.357 e. The maximum atomic E-state index is 12.7. The van der Waals surface area contributed by atoms with Crippen molar-refractivity contribution in [3.63, 3.8) is 0 Å². The summed E-state index contributed by atoms with van der Waals surface area (Å²) in [4.78, 5) is 19.4. The maximum Gasteiger partial charge on any atom is 0.241 e. The number of hydrogen-bond donors (Lipinski definition) is 2. The first kappa shape index (κ1) is 22.8. The van der Waals surface area contributed by atoms with Gasteiger partial charge in [-0.1, -0.05) is 30.3 Å². The van der Waals surface area contributed by atoms with Crippen molar-refractivity contribution in [3.05, 3.63) is 52.8 Å². The average molecular weight is 425 g/mol. The molecule has 0 saturated carbocycles. The van der Waals surface area contributed by atoms with Crippen LogP contribution in [0.1, 0.15) is 42.3 Å². The molecule has 0 atom stereocenters. The number of aromatic nitrogens is 2. The summed E-state index contributed by atoms with van der Waals surface area (Å²) in [5.74, 6) is 1.46. The fraction of sp³-hybridized carbons (Fsp3) is 0.542. The Hall–Kier alpha value is -2.83. The second-order valence-corrected chi connectivity index (χ2v) is 8.34. The van der Waals surface area contributed by atoms with E-state index in [1.54, 1.807) is 0 Å². The summed E-state index contributed by atoms with van der Waals surface area (Å²) in [7, 11) is 1.95. The molecule has 0 bridgehead atoms. The van der Waals surface area contributed by atoms with Crippen molar-refractivity contribution in [2.24, 2.45) is 18.0 Å². The van der Waals surface area contributed by atoms with Gasteiger partial charge >= 0.3 is 0 Å². The quantitative estimate of drug-likeness (QED) is 0.529. The lowest BCUT2D eigenvalue weighted by atomic mass is 9.90. The molecule has 1 amide bonds. The Morgan fingerprint density at radius 3 is 2.48 bits per heavy atom. The molecule has 1 aliphatic heterocycles. The third-order valence-electron chi connectivity index (χ3n) is 6.14. The predicted molar refractivity (Wildman–Crippen MR) is 125 cm³/mol. The van der Waals surface area contributed by atoms with Crippen molar-refractivity contribution >= 4 is 11.9 Å². The molecule has 0 aliphatic carbocycles. The van der Waals surface area contributed by atoms with Crippen LogP contribution < -0.4 is 10.6 Å². The van der Waals surface area contributed by atoms with Crippen LogP contribution in [0, 0.1) is 19.8 Å². The molecule has 1 aliphatic rings. The summed E-state index contributed by atoms with van der Waals surface area (Å²) in [6.45, 7) is 9.30. The minimum Gasteiger partial charge on any atom is -0.357 e. The number of guanidine groups is 1. The first-order valence-electron chi connectivity index (χ1n) is 11.3. The van der Waals surface area contributed by atoms with Crippen LogP contribution in [0.3, 0.4) is 0 Å². The molecule has 7 nitrogen and oxygen atoms in total. The van der Waals surface area contributed by atoms with E-state index < -0.39 is 0 Å². The van der Waals surface area contributed by atoms with Gasteiger partial charge in [0.05, 0.1) is 18.8 Å². The highest BCUT2D eigenvalue weighted by molar-refractivity contribution is 5.86. The van der Waals surface area contributed by atoms with E-state index in [-0.39, 0.29) is 12.5 Å².